The van der Waals surface area contributed by atoms with E-state index in [1.807, 2.05) is 18.2 Å². The summed E-state index contributed by atoms with van der Waals surface area (Å²) in [5, 5.41) is 13.8. The van der Waals surface area contributed by atoms with Gasteiger partial charge in [-0.25, -0.2) is 0 Å². The van der Waals surface area contributed by atoms with Crippen LogP contribution in [0, 0.1) is 5.92 Å². The van der Waals surface area contributed by atoms with Crippen LogP contribution in [0.3, 0.4) is 0 Å². The van der Waals surface area contributed by atoms with Gasteiger partial charge in [0.15, 0.2) is 0 Å². The van der Waals surface area contributed by atoms with Gasteiger partial charge in [0.25, 0.3) is 0 Å². The van der Waals surface area contributed by atoms with Crippen molar-refractivity contribution in [3.63, 3.8) is 0 Å². The minimum absolute atomic E-state index is 0.208. The highest BCUT2D eigenvalue weighted by molar-refractivity contribution is 5.34. The Morgan fingerprint density at radius 2 is 1.85 bits per heavy atom. The second kappa shape index (κ2) is 8.28. The Balaban J connectivity index is 2.80. The Labute approximate surface area is 124 Å². The molecule has 0 heterocycles. The number of hydrogen-bond donors (Lipinski definition) is 2. The number of rotatable bonds is 8. The van der Waals surface area contributed by atoms with Crippen molar-refractivity contribution in [2.24, 2.45) is 5.92 Å². The van der Waals surface area contributed by atoms with Crippen molar-refractivity contribution >= 4 is 0 Å². The predicted molar refractivity (Wildman–Crippen MR) is 86.1 cm³/mol. The molecule has 0 aliphatic heterocycles. The van der Waals surface area contributed by atoms with Gasteiger partial charge >= 0.3 is 0 Å². The van der Waals surface area contributed by atoms with E-state index in [0.29, 0.717) is 17.7 Å². The molecule has 0 spiro atoms. The zero-order valence-corrected chi connectivity index (χ0v) is 13.6. The van der Waals surface area contributed by atoms with Gasteiger partial charge in [-0.1, -0.05) is 39.0 Å². The fraction of sp³-hybridized carbons (Fsp3) is 0.647. The molecule has 0 aliphatic rings. The summed E-state index contributed by atoms with van der Waals surface area (Å²) in [6.07, 6.45) is 2.11. The number of hydrogen-bond acceptors (Lipinski definition) is 3. The van der Waals surface area contributed by atoms with E-state index in [4.69, 9.17) is 0 Å². The Hall–Kier alpha value is -1.06. The second-order valence-corrected chi connectivity index (χ2v) is 6.28. The molecule has 2 atom stereocenters. The fourth-order valence-corrected chi connectivity index (χ4v) is 2.70. The van der Waals surface area contributed by atoms with Crippen molar-refractivity contribution in [3.8, 4) is 5.75 Å². The van der Waals surface area contributed by atoms with Gasteiger partial charge < -0.3 is 15.3 Å². The van der Waals surface area contributed by atoms with Gasteiger partial charge in [0.05, 0.1) is 0 Å². The topological polar surface area (TPSA) is 35.5 Å². The van der Waals surface area contributed by atoms with E-state index in [1.165, 1.54) is 0 Å². The number of nitrogens with zero attached hydrogens (tertiary/aromatic N) is 1. The van der Waals surface area contributed by atoms with Crippen LogP contribution in [-0.2, 0) is 0 Å². The zero-order chi connectivity index (χ0) is 15.1. The first-order chi connectivity index (χ1) is 9.43. The standard InChI is InChI=1S/C17H30N2O/c1-6-16(15-9-7-8-10-17(15)20)18-14(11-13(2)3)12-19(4)5/h7-10,13-14,16,18,20H,6,11-12H2,1-5H3. The van der Waals surface area contributed by atoms with Gasteiger partial charge in [-0.15, -0.1) is 0 Å². The Morgan fingerprint density at radius 1 is 1.20 bits per heavy atom. The summed E-state index contributed by atoms with van der Waals surface area (Å²) in [5.74, 6) is 1.05. The molecule has 3 nitrogen and oxygen atoms in total. The van der Waals surface area contributed by atoms with Gasteiger partial charge in [0, 0.05) is 24.2 Å². The summed E-state index contributed by atoms with van der Waals surface area (Å²) in [6, 6.07) is 8.29. The van der Waals surface area contributed by atoms with Crippen molar-refractivity contribution in [2.45, 2.75) is 45.7 Å². The molecule has 2 unspecified atom stereocenters. The van der Waals surface area contributed by atoms with Crippen LogP contribution in [0.1, 0.15) is 45.2 Å². The molecular weight excluding hydrogens is 248 g/mol. The molecule has 0 saturated carbocycles. The van der Waals surface area contributed by atoms with Crippen LogP contribution in [0.4, 0.5) is 0 Å². The third-order valence-corrected chi connectivity index (χ3v) is 3.50. The number of phenols is 1. The highest BCUT2D eigenvalue weighted by Gasteiger charge is 2.19. The number of para-hydroxylation sites is 1. The average molecular weight is 278 g/mol. The van der Waals surface area contributed by atoms with Crippen LogP contribution in [0.15, 0.2) is 24.3 Å². The zero-order valence-electron chi connectivity index (χ0n) is 13.6. The fourth-order valence-electron chi connectivity index (χ4n) is 2.70. The Morgan fingerprint density at radius 3 is 2.35 bits per heavy atom. The summed E-state index contributed by atoms with van der Waals surface area (Å²) in [7, 11) is 4.21. The molecule has 0 aromatic heterocycles. The summed E-state index contributed by atoms with van der Waals surface area (Å²) >= 11 is 0. The minimum Gasteiger partial charge on any atom is -0.508 e. The Kier molecular flexibility index (Phi) is 7.03. The van der Waals surface area contributed by atoms with Crippen LogP contribution < -0.4 is 5.32 Å². The molecule has 0 bridgehead atoms. The molecule has 0 fully saturated rings. The van der Waals surface area contributed by atoms with Crippen LogP contribution in [0.25, 0.3) is 0 Å². The summed E-state index contributed by atoms with van der Waals surface area (Å²) in [6.45, 7) is 7.69. The van der Waals surface area contributed by atoms with E-state index in [2.05, 4.69) is 45.1 Å². The molecule has 1 aromatic rings. The molecule has 20 heavy (non-hydrogen) atoms. The largest absolute Gasteiger partial charge is 0.508 e. The van der Waals surface area contributed by atoms with Crippen LogP contribution in [0.2, 0.25) is 0 Å². The van der Waals surface area contributed by atoms with Crippen LogP contribution in [0.5, 0.6) is 5.75 Å². The molecule has 3 heteroatoms. The first kappa shape index (κ1) is 17.0. The molecule has 1 aromatic carbocycles. The lowest BCUT2D eigenvalue weighted by molar-refractivity contribution is 0.282. The molecule has 0 amide bonds. The highest BCUT2D eigenvalue weighted by Crippen LogP contribution is 2.26. The van der Waals surface area contributed by atoms with Crippen molar-refractivity contribution in [3.05, 3.63) is 29.8 Å². The normalized spacial score (nSPS) is 14.8. The smallest absolute Gasteiger partial charge is 0.120 e. The molecule has 0 saturated heterocycles. The van der Waals surface area contributed by atoms with Crippen molar-refractivity contribution in [1.29, 1.82) is 0 Å². The average Bonchev–Trinajstić information content (AvgIpc) is 2.35. The lowest BCUT2D eigenvalue weighted by Gasteiger charge is -2.29. The van der Waals surface area contributed by atoms with E-state index >= 15 is 0 Å². The quantitative estimate of drug-likeness (QED) is 0.765. The molecule has 2 N–H and O–H groups in total. The maximum Gasteiger partial charge on any atom is 0.120 e. The minimum atomic E-state index is 0.208. The highest BCUT2D eigenvalue weighted by atomic mass is 16.3. The maximum absolute atomic E-state index is 10.0. The van der Waals surface area contributed by atoms with E-state index in [-0.39, 0.29) is 6.04 Å². The Bertz CT molecular complexity index is 380. The second-order valence-electron chi connectivity index (χ2n) is 6.28. The predicted octanol–water partition coefficient (Wildman–Crippen LogP) is 3.41. The molecular formula is C17H30N2O. The van der Waals surface area contributed by atoms with Crippen molar-refractivity contribution < 1.29 is 5.11 Å². The van der Waals surface area contributed by atoms with Gasteiger partial charge in [-0.2, -0.15) is 0 Å². The van der Waals surface area contributed by atoms with Crippen molar-refractivity contribution in [1.82, 2.24) is 10.2 Å². The molecule has 1 rings (SSSR count). The van der Waals surface area contributed by atoms with E-state index < -0.39 is 0 Å². The first-order valence-corrected chi connectivity index (χ1v) is 7.62. The lowest BCUT2D eigenvalue weighted by Crippen LogP contribution is -2.41. The number of aromatic hydroxyl groups is 1. The van der Waals surface area contributed by atoms with E-state index in [1.54, 1.807) is 6.07 Å². The summed E-state index contributed by atoms with van der Waals surface area (Å²) in [4.78, 5) is 2.22. The van der Waals surface area contributed by atoms with E-state index in [9.17, 15) is 5.11 Å². The third kappa shape index (κ3) is 5.51. The summed E-state index contributed by atoms with van der Waals surface area (Å²) in [5.41, 5.74) is 1.00. The monoisotopic (exact) mass is 278 g/mol. The molecule has 0 radical (unpaired) electrons. The number of phenolic OH excluding ortho intramolecular Hbond substituents is 1. The lowest BCUT2D eigenvalue weighted by atomic mass is 9.98. The number of nitrogens with one attached hydrogen (secondary N) is 1. The van der Waals surface area contributed by atoms with E-state index in [0.717, 1.165) is 24.9 Å². The van der Waals surface area contributed by atoms with Gasteiger partial charge in [-0.3, -0.25) is 0 Å². The van der Waals surface area contributed by atoms with Crippen molar-refractivity contribution in [2.75, 3.05) is 20.6 Å². The first-order valence-electron chi connectivity index (χ1n) is 7.62. The number of likely N-dealkylation sites (N-methyl/N-ethyl adjacent to an activating group) is 1. The summed E-state index contributed by atoms with van der Waals surface area (Å²) < 4.78 is 0. The SMILES string of the molecule is CCC(NC(CC(C)C)CN(C)C)c1ccccc1O. The maximum atomic E-state index is 10.0. The third-order valence-electron chi connectivity index (χ3n) is 3.50. The van der Waals surface area contributed by atoms with Gasteiger partial charge in [0.2, 0.25) is 0 Å². The molecule has 114 valence electrons. The van der Waals surface area contributed by atoms with Gasteiger partial charge in [0.1, 0.15) is 5.75 Å². The van der Waals surface area contributed by atoms with Crippen LogP contribution >= 0.6 is 0 Å². The number of benzene rings is 1. The molecule has 0 aliphatic carbocycles. The van der Waals surface area contributed by atoms with Gasteiger partial charge in [-0.05, 0) is 38.9 Å². The van der Waals surface area contributed by atoms with Crippen LogP contribution in [-0.4, -0.2) is 36.7 Å².